The minimum atomic E-state index is -1.18. The largest absolute Gasteiger partial charge is 0.465 e. The van der Waals surface area contributed by atoms with E-state index in [1.165, 1.54) is 0 Å². The Kier molecular flexibility index (Phi) is 8.07. The Balaban J connectivity index is 2.93. The number of carbonyl (C=O) groups is 1. The third-order valence-corrected chi connectivity index (χ3v) is 3.32. The smallest absolute Gasteiger partial charge is 0.316 e. The Morgan fingerprint density at radius 2 is 1.92 bits per heavy atom. The third kappa shape index (κ3) is 5.90. The fraction of sp³-hybridized carbons (Fsp3) is 0.462. The van der Waals surface area contributed by atoms with Crippen LogP contribution in [0.5, 0.6) is 0 Å². The average Bonchev–Trinajstić information content (AvgIpc) is 2.64. The summed E-state index contributed by atoms with van der Waals surface area (Å²) in [4.78, 5) is 22.5. The number of nitrogens with zero attached hydrogens (tertiary/aromatic N) is 8. The van der Waals surface area contributed by atoms with Gasteiger partial charge in [-0.15, -0.1) is 0 Å². The molecule has 0 heterocycles. The first-order valence-corrected chi connectivity index (χ1v) is 7.09. The molecule has 12 nitrogen and oxygen atoms in total. The Bertz CT molecular complexity index is 693. The molecule has 0 amide bonds. The van der Waals surface area contributed by atoms with Gasteiger partial charge in [0.1, 0.15) is 6.61 Å². The SMILES string of the molecule is CC(CN=[N+]=[N-])(C(=O)OCCN=[N+]=[N-])c1ccc(CON=NN)cc1. The molecule has 1 aromatic carbocycles. The molecule has 0 radical (unpaired) electrons. The molecule has 0 fully saturated rings. The Morgan fingerprint density at radius 3 is 2.52 bits per heavy atom. The van der Waals surface area contributed by atoms with Crippen molar-refractivity contribution < 1.29 is 14.4 Å². The van der Waals surface area contributed by atoms with Crippen molar-refractivity contribution in [3.63, 3.8) is 0 Å². The highest BCUT2D eigenvalue weighted by molar-refractivity contribution is 5.83. The lowest BCUT2D eigenvalue weighted by Gasteiger charge is -2.26. The van der Waals surface area contributed by atoms with E-state index in [1.54, 1.807) is 31.2 Å². The molecular weight excluding hydrogens is 330 g/mol. The molecule has 0 bridgehead atoms. The van der Waals surface area contributed by atoms with Crippen LogP contribution in [0.15, 0.2) is 45.0 Å². The van der Waals surface area contributed by atoms with Crippen LogP contribution in [0.3, 0.4) is 0 Å². The molecule has 25 heavy (non-hydrogen) atoms. The van der Waals surface area contributed by atoms with Crippen LogP contribution in [-0.4, -0.2) is 25.7 Å². The van der Waals surface area contributed by atoms with E-state index in [9.17, 15) is 4.79 Å². The molecule has 1 atom stereocenters. The van der Waals surface area contributed by atoms with E-state index >= 15 is 0 Å². The van der Waals surface area contributed by atoms with Crippen LogP contribution in [-0.2, 0) is 26.4 Å². The second-order valence-corrected chi connectivity index (χ2v) is 4.98. The van der Waals surface area contributed by atoms with Gasteiger partial charge < -0.3 is 15.4 Å². The number of hydrogen-bond acceptors (Lipinski definition) is 7. The topological polar surface area (TPSA) is 184 Å². The Labute approximate surface area is 142 Å². The summed E-state index contributed by atoms with van der Waals surface area (Å²) < 4.78 is 5.12. The normalized spacial score (nSPS) is 12.5. The summed E-state index contributed by atoms with van der Waals surface area (Å²) in [5, 5.41) is 13.0. The van der Waals surface area contributed by atoms with Crippen LogP contribution < -0.4 is 5.84 Å². The van der Waals surface area contributed by atoms with Crippen molar-refractivity contribution in [2.24, 2.45) is 26.6 Å². The van der Waals surface area contributed by atoms with E-state index in [4.69, 9.17) is 26.5 Å². The van der Waals surface area contributed by atoms with Crippen molar-refractivity contribution in [1.29, 1.82) is 0 Å². The molecule has 0 spiro atoms. The number of ether oxygens (including phenoxy) is 1. The minimum Gasteiger partial charge on any atom is -0.465 e. The van der Waals surface area contributed by atoms with E-state index in [1.807, 2.05) is 0 Å². The van der Waals surface area contributed by atoms with E-state index in [0.29, 0.717) is 5.56 Å². The van der Waals surface area contributed by atoms with Gasteiger partial charge in [0.25, 0.3) is 0 Å². The van der Waals surface area contributed by atoms with Gasteiger partial charge in [0.15, 0.2) is 0 Å². The maximum atomic E-state index is 12.4. The molecule has 1 unspecified atom stereocenters. The molecule has 12 heteroatoms. The van der Waals surface area contributed by atoms with E-state index in [0.717, 1.165) is 5.56 Å². The minimum absolute atomic E-state index is 0.0197. The highest BCUT2D eigenvalue weighted by Crippen LogP contribution is 2.27. The Hall–Kier alpha value is -3.49. The zero-order valence-corrected chi connectivity index (χ0v) is 13.5. The summed E-state index contributed by atoms with van der Waals surface area (Å²) in [6.45, 7) is 1.59. The zero-order valence-electron chi connectivity index (χ0n) is 13.5. The number of azide groups is 2. The summed E-state index contributed by atoms with van der Waals surface area (Å²) in [6, 6.07) is 6.84. The molecule has 0 saturated carbocycles. The predicted molar refractivity (Wildman–Crippen MR) is 86.6 cm³/mol. The molecule has 132 valence electrons. The number of esters is 1. The number of nitrogens with two attached hydrogens (primary N) is 1. The van der Waals surface area contributed by atoms with Gasteiger partial charge in [-0.05, 0) is 34.3 Å². The predicted octanol–water partition coefficient (Wildman–Crippen LogP) is 2.87. The quantitative estimate of drug-likeness (QED) is 0.130. The van der Waals surface area contributed by atoms with E-state index in [2.05, 4.69) is 30.6 Å². The molecule has 2 N–H and O–H groups in total. The van der Waals surface area contributed by atoms with Crippen molar-refractivity contribution in [2.75, 3.05) is 19.7 Å². The Morgan fingerprint density at radius 1 is 1.24 bits per heavy atom. The lowest BCUT2D eigenvalue weighted by Crippen LogP contribution is -2.37. The van der Waals surface area contributed by atoms with Crippen molar-refractivity contribution in [3.8, 4) is 0 Å². The molecule has 1 aromatic rings. The molecule has 0 aliphatic carbocycles. The molecule has 0 saturated heterocycles. The number of carbonyl (C=O) groups excluding carboxylic acids is 1. The maximum Gasteiger partial charge on any atom is 0.316 e. The molecule has 0 aliphatic rings. The van der Waals surface area contributed by atoms with Crippen molar-refractivity contribution >= 4 is 5.97 Å². The van der Waals surface area contributed by atoms with Crippen molar-refractivity contribution in [3.05, 3.63) is 56.3 Å². The monoisotopic (exact) mass is 347 g/mol. The lowest BCUT2D eigenvalue weighted by molar-refractivity contribution is -0.149. The first kappa shape index (κ1) is 19.6. The van der Waals surface area contributed by atoms with Gasteiger partial charge in [-0.1, -0.05) is 34.5 Å². The van der Waals surface area contributed by atoms with Gasteiger partial charge in [0.2, 0.25) is 0 Å². The fourth-order valence-corrected chi connectivity index (χ4v) is 1.94. The van der Waals surface area contributed by atoms with Gasteiger partial charge >= 0.3 is 5.97 Å². The summed E-state index contributed by atoms with van der Waals surface area (Å²) in [5.74, 6) is 4.24. The van der Waals surface area contributed by atoms with E-state index < -0.39 is 11.4 Å². The van der Waals surface area contributed by atoms with Gasteiger partial charge in [-0.25, -0.2) is 0 Å². The fourth-order valence-electron chi connectivity index (χ4n) is 1.94. The van der Waals surface area contributed by atoms with Gasteiger partial charge in [0.05, 0.1) is 18.6 Å². The standard InChI is InChI=1S/C13H17N9O3/c1-13(9-18-20-15,12(23)24-7-6-17-19-14)11-4-2-10(3-5-11)8-25-22-21-16/h2-5H,6-9H2,1H3,(H2,16,22). The summed E-state index contributed by atoms with van der Waals surface area (Å²) in [7, 11) is 0. The van der Waals surface area contributed by atoms with Crippen LogP contribution in [0, 0.1) is 0 Å². The maximum absolute atomic E-state index is 12.4. The average molecular weight is 347 g/mol. The highest BCUT2D eigenvalue weighted by Gasteiger charge is 2.36. The summed E-state index contributed by atoms with van der Waals surface area (Å²) >= 11 is 0. The molecular formula is C13H17N9O3. The zero-order chi connectivity index (χ0) is 18.5. The third-order valence-electron chi connectivity index (χ3n) is 3.32. The summed E-state index contributed by atoms with van der Waals surface area (Å²) in [5.41, 5.74) is 17.0. The number of benzene rings is 1. The van der Waals surface area contributed by atoms with Gasteiger partial charge in [0, 0.05) is 21.6 Å². The van der Waals surface area contributed by atoms with Crippen molar-refractivity contribution in [1.82, 2.24) is 0 Å². The first-order chi connectivity index (χ1) is 12.1. The van der Waals surface area contributed by atoms with Crippen molar-refractivity contribution in [2.45, 2.75) is 18.9 Å². The lowest BCUT2D eigenvalue weighted by atomic mass is 9.82. The second-order valence-electron chi connectivity index (χ2n) is 4.98. The van der Waals surface area contributed by atoms with Crippen LogP contribution in [0.4, 0.5) is 0 Å². The van der Waals surface area contributed by atoms with Crippen LogP contribution in [0.2, 0.25) is 0 Å². The number of rotatable bonds is 10. The van der Waals surface area contributed by atoms with Crippen LogP contribution in [0.1, 0.15) is 18.1 Å². The number of hydrogen-bond donors (Lipinski definition) is 1. The van der Waals surface area contributed by atoms with Crippen LogP contribution in [0.25, 0.3) is 20.9 Å². The van der Waals surface area contributed by atoms with E-state index in [-0.39, 0.29) is 26.3 Å². The van der Waals surface area contributed by atoms with Gasteiger partial charge in [-0.3, -0.25) is 4.79 Å². The molecule has 0 aliphatic heterocycles. The van der Waals surface area contributed by atoms with Gasteiger partial charge in [-0.2, -0.15) is 0 Å². The summed E-state index contributed by atoms with van der Waals surface area (Å²) in [6.07, 6.45) is 0. The highest BCUT2D eigenvalue weighted by atomic mass is 16.6. The van der Waals surface area contributed by atoms with Crippen LogP contribution >= 0.6 is 0 Å². The molecule has 1 rings (SSSR count). The second kappa shape index (κ2) is 10.3. The molecule has 0 aromatic heterocycles. The first-order valence-electron chi connectivity index (χ1n) is 7.09.